The van der Waals surface area contributed by atoms with Gasteiger partial charge in [-0.2, -0.15) is 0 Å². The van der Waals surface area contributed by atoms with Crippen molar-refractivity contribution in [3.8, 4) is 34.2 Å². The molecule has 7 aromatic rings. The van der Waals surface area contributed by atoms with E-state index in [0.717, 1.165) is 53.5 Å². The van der Waals surface area contributed by atoms with Gasteiger partial charge in [-0.15, -0.1) is 0 Å². The number of benzene rings is 6. The maximum absolute atomic E-state index is 5.08. The van der Waals surface area contributed by atoms with Gasteiger partial charge in [-0.1, -0.05) is 125 Å². The fourth-order valence-electron chi connectivity index (χ4n) is 5.04. The highest BCUT2D eigenvalue weighted by molar-refractivity contribution is 9.10. The van der Waals surface area contributed by atoms with E-state index in [1.807, 2.05) is 0 Å². The predicted octanol–water partition coefficient (Wildman–Crippen LogP) is 9.09. The normalized spacial score (nSPS) is 11.4. The molecule has 174 valence electrons. The van der Waals surface area contributed by atoms with Crippen molar-refractivity contribution in [1.82, 2.24) is 15.0 Å². The largest absolute Gasteiger partial charge is 0.208 e. The van der Waals surface area contributed by atoms with E-state index in [-0.39, 0.29) is 0 Å². The van der Waals surface area contributed by atoms with Crippen LogP contribution in [0.5, 0.6) is 0 Å². The van der Waals surface area contributed by atoms with Crippen molar-refractivity contribution in [2.45, 2.75) is 0 Å². The number of hydrogen-bond donors (Lipinski definition) is 0. The number of hydrogen-bond acceptors (Lipinski definition) is 3. The zero-order valence-electron chi connectivity index (χ0n) is 19.8. The molecule has 0 saturated heterocycles. The molecule has 0 saturated carbocycles. The zero-order chi connectivity index (χ0) is 24.8. The summed E-state index contributed by atoms with van der Waals surface area (Å²) < 4.78 is 0.986. The minimum atomic E-state index is 0.651. The van der Waals surface area contributed by atoms with Crippen LogP contribution < -0.4 is 0 Å². The van der Waals surface area contributed by atoms with Crippen LogP contribution in [-0.4, -0.2) is 15.0 Å². The Morgan fingerprint density at radius 3 is 1.32 bits per heavy atom. The molecule has 0 unspecified atom stereocenters. The highest BCUT2D eigenvalue weighted by Crippen LogP contribution is 2.35. The number of fused-ring (bicyclic) bond motifs is 3. The zero-order valence-corrected chi connectivity index (χ0v) is 21.4. The molecular weight excluding hydrogens is 518 g/mol. The number of aromatic nitrogens is 3. The van der Waals surface area contributed by atoms with E-state index in [9.17, 15) is 0 Å². The van der Waals surface area contributed by atoms with Crippen LogP contribution in [0, 0.1) is 0 Å². The molecule has 1 heterocycles. The average Bonchev–Trinajstić information content (AvgIpc) is 2.96. The van der Waals surface area contributed by atoms with Gasteiger partial charge in [-0.05, 0) is 44.5 Å². The molecule has 3 nitrogen and oxygen atoms in total. The van der Waals surface area contributed by atoms with Crippen molar-refractivity contribution >= 4 is 48.2 Å². The van der Waals surface area contributed by atoms with Crippen LogP contribution in [0.15, 0.2) is 126 Å². The molecule has 37 heavy (non-hydrogen) atoms. The first kappa shape index (κ1) is 21.8. The first-order valence-electron chi connectivity index (χ1n) is 12.2. The van der Waals surface area contributed by atoms with Gasteiger partial charge in [0, 0.05) is 21.2 Å². The summed E-state index contributed by atoms with van der Waals surface area (Å²) in [5.74, 6) is 1.97. The molecule has 0 N–H and O–H groups in total. The summed E-state index contributed by atoms with van der Waals surface area (Å²) in [5, 5.41) is 6.77. The van der Waals surface area contributed by atoms with Gasteiger partial charge in [0.1, 0.15) is 0 Å². The lowest BCUT2D eigenvalue weighted by molar-refractivity contribution is 1.08. The minimum absolute atomic E-state index is 0.651. The number of rotatable bonds is 3. The summed E-state index contributed by atoms with van der Waals surface area (Å²) in [6.07, 6.45) is 0. The third-order valence-electron chi connectivity index (χ3n) is 6.76. The highest BCUT2D eigenvalue weighted by Gasteiger charge is 2.17. The Labute approximate surface area is 222 Å². The maximum atomic E-state index is 5.08. The second kappa shape index (κ2) is 8.91. The molecule has 0 fully saturated rings. The lowest BCUT2D eigenvalue weighted by Crippen LogP contribution is -2.01. The van der Waals surface area contributed by atoms with Crippen LogP contribution in [0.4, 0.5) is 0 Å². The van der Waals surface area contributed by atoms with Gasteiger partial charge in [0.05, 0.1) is 0 Å². The second-order valence-electron chi connectivity index (χ2n) is 9.03. The van der Waals surface area contributed by atoms with Crippen molar-refractivity contribution in [2.24, 2.45) is 0 Å². The molecule has 0 radical (unpaired) electrons. The van der Waals surface area contributed by atoms with Crippen molar-refractivity contribution < 1.29 is 0 Å². The summed E-state index contributed by atoms with van der Waals surface area (Å²) in [6.45, 7) is 0. The molecular formula is C33H20BrN3. The molecule has 0 spiro atoms. The first-order chi connectivity index (χ1) is 18.2. The Morgan fingerprint density at radius 2 is 0.784 bits per heavy atom. The third-order valence-corrected chi connectivity index (χ3v) is 7.22. The molecule has 6 aromatic carbocycles. The van der Waals surface area contributed by atoms with Crippen LogP contribution in [0.25, 0.3) is 66.5 Å². The maximum Gasteiger partial charge on any atom is 0.164 e. The molecule has 0 aliphatic heterocycles. The summed E-state index contributed by atoms with van der Waals surface area (Å²) in [6, 6.07) is 41.8. The molecule has 0 atom stereocenters. The van der Waals surface area contributed by atoms with Gasteiger partial charge < -0.3 is 0 Å². The van der Waals surface area contributed by atoms with E-state index in [1.165, 1.54) is 0 Å². The Hall–Kier alpha value is -4.41. The molecule has 0 amide bonds. The SMILES string of the molecule is Brc1cc(-c2nc(-c3cccc4ccccc34)nc(-c3cccc4ccccc34)n2)c2ccccc2c1. The van der Waals surface area contributed by atoms with Crippen LogP contribution in [0.2, 0.25) is 0 Å². The molecule has 0 bridgehead atoms. The van der Waals surface area contributed by atoms with E-state index >= 15 is 0 Å². The second-order valence-corrected chi connectivity index (χ2v) is 9.95. The standard InChI is InChI=1S/C33H20BrN3/c34-24-19-23-11-3-6-16-27(23)30(20-24)33-36-31(28-17-7-12-21-9-1-4-14-25(21)28)35-32(37-33)29-18-8-13-22-10-2-5-15-26(22)29/h1-20H. The van der Waals surface area contributed by atoms with E-state index in [2.05, 4.69) is 137 Å². The molecule has 1 aromatic heterocycles. The Bertz CT molecular complexity index is 1850. The first-order valence-corrected chi connectivity index (χ1v) is 12.9. The molecule has 0 aliphatic carbocycles. The molecule has 7 rings (SSSR count). The van der Waals surface area contributed by atoms with Crippen LogP contribution in [-0.2, 0) is 0 Å². The van der Waals surface area contributed by atoms with Gasteiger partial charge in [-0.3, -0.25) is 0 Å². The fourth-order valence-corrected chi connectivity index (χ4v) is 5.51. The van der Waals surface area contributed by atoms with Gasteiger partial charge in [0.15, 0.2) is 17.5 Å². The predicted molar refractivity (Wildman–Crippen MR) is 156 cm³/mol. The molecule has 4 heteroatoms. The molecule has 0 aliphatic rings. The van der Waals surface area contributed by atoms with Crippen LogP contribution >= 0.6 is 15.9 Å². The number of halogens is 1. The van der Waals surface area contributed by atoms with E-state index < -0.39 is 0 Å². The van der Waals surface area contributed by atoms with Crippen molar-refractivity contribution in [3.63, 3.8) is 0 Å². The Morgan fingerprint density at radius 1 is 0.378 bits per heavy atom. The Kier molecular flexibility index (Phi) is 5.26. The smallest absolute Gasteiger partial charge is 0.164 e. The quantitative estimate of drug-likeness (QED) is 0.225. The van der Waals surface area contributed by atoms with Crippen molar-refractivity contribution in [3.05, 3.63) is 126 Å². The summed E-state index contributed by atoms with van der Waals surface area (Å²) >= 11 is 3.70. The lowest BCUT2D eigenvalue weighted by atomic mass is 10.0. The van der Waals surface area contributed by atoms with Crippen molar-refractivity contribution in [2.75, 3.05) is 0 Å². The Balaban J connectivity index is 1.57. The van der Waals surface area contributed by atoms with Crippen LogP contribution in [0.3, 0.4) is 0 Å². The summed E-state index contributed by atoms with van der Waals surface area (Å²) in [7, 11) is 0. The average molecular weight is 538 g/mol. The van der Waals surface area contributed by atoms with E-state index in [4.69, 9.17) is 15.0 Å². The van der Waals surface area contributed by atoms with Gasteiger partial charge in [0.25, 0.3) is 0 Å². The lowest BCUT2D eigenvalue weighted by Gasteiger charge is -2.13. The van der Waals surface area contributed by atoms with Crippen molar-refractivity contribution in [1.29, 1.82) is 0 Å². The summed E-state index contributed by atoms with van der Waals surface area (Å²) in [4.78, 5) is 15.2. The van der Waals surface area contributed by atoms with Gasteiger partial charge in [0.2, 0.25) is 0 Å². The van der Waals surface area contributed by atoms with E-state index in [1.54, 1.807) is 0 Å². The monoisotopic (exact) mass is 537 g/mol. The topological polar surface area (TPSA) is 38.7 Å². The van der Waals surface area contributed by atoms with Gasteiger partial charge >= 0.3 is 0 Å². The summed E-state index contributed by atoms with van der Waals surface area (Å²) in [5.41, 5.74) is 2.94. The number of nitrogens with zero attached hydrogens (tertiary/aromatic N) is 3. The van der Waals surface area contributed by atoms with E-state index in [0.29, 0.717) is 17.5 Å². The van der Waals surface area contributed by atoms with Crippen LogP contribution in [0.1, 0.15) is 0 Å². The fraction of sp³-hybridized carbons (Fsp3) is 0. The minimum Gasteiger partial charge on any atom is -0.208 e. The highest BCUT2D eigenvalue weighted by atomic mass is 79.9. The third kappa shape index (κ3) is 3.87. The van der Waals surface area contributed by atoms with Gasteiger partial charge in [-0.25, -0.2) is 15.0 Å².